The summed E-state index contributed by atoms with van der Waals surface area (Å²) in [5.41, 5.74) is 3.38. The Morgan fingerprint density at radius 2 is 2.07 bits per heavy atom. The Hall–Kier alpha value is -2.41. The van der Waals surface area contributed by atoms with E-state index in [0.717, 1.165) is 53.5 Å². The minimum Gasteiger partial charge on any atom is -0.392 e. The van der Waals surface area contributed by atoms with Gasteiger partial charge in [-0.1, -0.05) is 23.7 Å². The molecule has 0 radical (unpaired) electrons. The number of H-pyrrole nitrogens is 1. The van der Waals surface area contributed by atoms with Gasteiger partial charge < -0.3 is 15.3 Å². The number of likely N-dealkylation sites (tertiary alicyclic amines) is 1. The lowest BCUT2D eigenvalue weighted by atomic mass is 9.96. The van der Waals surface area contributed by atoms with Crippen LogP contribution < -0.4 is 5.32 Å². The summed E-state index contributed by atoms with van der Waals surface area (Å²) in [6.07, 6.45) is 1.72. The van der Waals surface area contributed by atoms with Crippen molar-refractivity contribution in [1.29, 1.82) is 0 Å². The normalized spacial score (nSPS) is 15.8. The van der Waals surface area contributed by atoms with Crippen LogP contribution in [0.15, 0.2) is 36.4 Å². The Bertz CT molecular complexity index is 1010. The first kappa shape index (κ1) is 18.9. The standard InChI is InChI=1S/C21H23ClN4O2/c1-26-8-6-14(7-9-26)21(28)23-20-17-11-15(3-5-19(17)24-25-20)16-10-13(12-27)2-4-18(16)22/h2-5,10-11,14,27H,6-9,12H2,1H3,(H2,23,24,25,28). The van der Waals surface area contributed by atoms with E-state index in [9.17, 15) is 9.90 Å². The molecule has 146 valence electrons. The number of hydrogen-bond acceptors (Lipinski definition) is 4. The van der Waals surface area contributed by atoms with Crippen LogP contribution in [0.3, 0.4) is 0 Å². The second kappa shape index (κ2) is 7.91. The van der Waals surface area contributed by atoms with Crippen molar-refractivity contribution >= 4 is 34.2 Å². The van der Waals surface area contributed by atoms with Crippen LogP contribution >= 0.6 is 11.6 Å². The number of aromatic amines is 1. The SMILES string of the molecule is CN1CCC(C(=O)Nc2n[nH]c3ccc(-c4cc(CO)ccc4Cl)cc23)CC1. The highest BCUT2D eigenvalue weighted by molar-refractivity contribution is 6.33. The van der Waals surface area contributed by atoms with Gasteiger partial charge in [0.25, 0.3) is 0 Å². The maximum Gasteiger partial charge on any atom is 0.228 e. The molecule has 3 aromatic rings. The third-order valence-corrected chi connectivity index (χ3v) is 5.75. The molecule has 2 aromatic carbocycles. The quantitative estimate of drug-likeness (QED) is 0.626. The number of fused-ring (bicyclic) bond motifs is 1. The summed E-state index contributed by atoms with van der Waals surface area (Å²) in [5, 5.41) is 21.1. The number of piperidine rings is 1. The topological polar surface area (TPSA) is 81.2 Å². The second-order valence-corrected chi connectivity index (χ2v) is 7.78. The Balaban J connectivity index is 1.63. The van der Waals surface area contributed by atoms with Gasteiger partial charge in [0.15, 0.2) is 5.82 Å². The summed E-state index contributed by atoms with van der Waals surface area (Å²) in [6.45, 7) is 1.82. The molecular weight excluding hydrogens is 376 g/mol. The molecule has 0 spiro atoms. The molecular formula is C21H23ClN4O2. The summed E-state index contributed by atoms with van der Waals surface area (Å²) in [6, 6.07) is 11.3. The predicted octanol–water partition coefficient (Wildman–Crippen LogP) is 3.66. The van der Waals surface area contributed by atoms with Crippen molar-refractivity contribution in [2.45, 2.75) is 19.4 Å². The fourth-order valence-corrected chi connectivity index (χ4v) is 3.89. The molecule has 28 heavy (non-hydrogen) atoms. The lowest BCUT2D eigenvalue weighted by molar-refractivity contribution is -0.121. The molecule has 2 heterocycles. The number of carbonyl (C=O) groups excluding carboxylic acids is 1. The lowest BCUT2D eigenvalue weighted by Gasteiger charge is -2.27. The van der Waals surface area contributed by atoms with E-state index in [2.05, 4.69) is 27.5 Å². The number of rotatable bonds is 4. The number of hydrogen-bond donors (Lipinski definition) is 3. The Morgan fingerprint density at radius 1 is 1.29 bits per heavy atom. The molecule has 1 aliphatic heterocycles. The maximum absolute atomic E-state index is 12.7. The van der Waals surface area contributed by atoms with Gasteiger partial charge in [-0.2, -0.15) is 5.10 Å². The number of carbonyl (C=O) groups is 1. The number of aliphatic hydroxyl groups excluding tert-OH is 1. The number of amides is 1. The number of aliphatic hydroxyl groups is 1. The Kier molecular flexibility index (Phi) is 5.35. The highest BCUT2D eigenvalue weighted by atomic mass is 35.5. The summed E-state index contributed by atoms with van der Waals surface area (Å²) in [7, 11) is 2.08. The monoisotopic (exact) mass is 398 g/mol. The summed E-state index contributed by atoms with van der Waals surface area (Å²) in [5.74, 6) is 0.573. The van der Waals surface area contributed by atoms with E-state index < -0.39 is 0 Å². The first-order valence-corrected chi connectivity index (χ1v) is 9.80. The summed E-state index contributed by atoms with van der Waals surface area (Å²) >= 11 is 6.37. The zero-order valence-corrected chi connectivity index (χ0v) is 16.5. The van der Waals surface area contributed by atoms with E-state index in [1.165, 1.54) is 0 Å². The Morgan fingerprint density at radius 3 is 2.82 bits per heavy atom. The van der Waals surface area contributed by atoms with Gasteiger partial charge in [0.05, 0.1) is 12.1 Å². The van der Waals surface area contributed by atoms with Crippen molar-refractivity contribution in [2.75, 3.05) is 25.5 Å². The van der Waals surface area contributed by atoms with E-state index in [4.69, 9.17) is 11.6 Å². The average Bonchev–Trinajstić information content (AvgIpc) is 3.11. The van der Waals surface area contributed by atoms with E-state index in [1.807, 2.05) is 24.3 Å². The van der Waals surface area contributed by atoms with Gasteiger partial charge in [0.2, 0.25) is 5.91 Å². The third kappa shape index (κ3) is 3.76. The van der Waals surface area contributed by atoms with Crippen LogP contribution in [0.4, 0.5) is 5.82 Å². The zero-order chi connectivity index (χ0) is 19.7. The third-order valence-electron chi connectivity index (χ3n) is 5.42. The van der Waals surface area contributed by atoms with Crippen LogP contribution in [0.1, 0.15) is 18.4 Å². The van der Waals surface area contributed by atoms with Crippen LogP contribution in [0.5, 0.6) is 0 Å². The van der Waals surface area contributed by atoms with Crippen molar-refractivity contribution in [1.82, 2.24) is 15.1 Å². The summed E-state index contributed by atoms with van der Waals surface area (Å²) in [4.78, 5) is 14.9. The zero-order valence-electron chi connectivity index (χ0n) is 15.7. The predicted molar refractivity (Wildman–Crippen MR) is 111 cm³/mol. The molecule has 1 fully saturated rings. The maximum atomic E-state index is 12.7. The molecule has 1 aromatic heterocycles. The number of benzene rings is 2. The number of aromatic nitrogens is 2. The van der Waals surface area contributed by atoms with Crippen molar-refractivity contribution in [3.63, 3.8) is 0 Å². The fourth-order valence-electron chi connectivity index (χ4n) is 3.66. The minimum absolute atomic E-state index is 0.0156. The van der Waals surface area contributed by atoms with Gasteiger partial charge in [0.1, 0.15) is 0 Å². The van der Waals surface area contributed by atoms with Crippen molar-refractivity contribution < 1.29 is 9.90 Å². The molecule has 1 amide bonds. The van der Waals surface area contributed by atoms with Gasteiger partial charge >= 0.3 is 0 Å². The van der Waals surface area contributed by atoms with E-state index >= 15 is 0 Å². The molecule has 3 N–H and O–H groups in total. The van der Waals surface area contributed by atoms with Gasteiger partial charge in [-0.25, -0.2) is 0 Å². The van der Waals surface area contributed by atoms with E-state index in [1.54, 1.807) is 12.1 Å². The van der Waals surface area contributed by atoms with Crippen molar-refractivity contribution in [3.05, 3.63) is 47.0 Å². The highest BCUT2D eigenvalue weighted by Crippen LogP contribution is 2.33. The van der Waals surface area contributed by atoms with Crippen LogP contribution in [-0.2, 0) is 11.4 Å². The largest absolute Gasteiger partial charge is 0.392 e. The number of nitrogens with one attached hydrogen (secondary N) is 2. The molecule has 6 nitrogen and oxygen atoms in total. The lowest BCUT2D eigenvalue weighted by Crippen LogP contribution is -2.36. The van der Waals surface area contributed by atoms with Crippen LogP contribution in [0.2, 0.25) is 5.02 Å². The van der Waals surface area contributed by atoms with Crippen molar-refractivity contribution in [3.8, 4) is 11.1 Å². The molecule has 1 saturated heterocycles. The molecule has 1 aliphatic rings. The Labute approximate surface area is 168 Å². The first-order chi connectivity index (χ1) is 13.5. The molecule has 0 aliphatic carbocycles. The van der Waals surface area contributed by atoms with Gasteiger partial charge in [-0.3, -0.25) is 9.89 Å². The van der Waals surface area contributed by atoms with Crippen LogP contribution in [0.25, 0.3) is 22.0 Å². The first-order valence-electron chi connectivity index (χ1n) is 9.42. The summed E-state index contributed by atoms with van der Waals surface area (Å²) < 4.78 is 0. The molecule has 4 rings (SSSR count). The smallest absolute Gasteiger partial charge is 0.228 e. The molecule has 0 atom stereocenters. The fraction of sp³-hybridized carbons (Fsp3) is 0.333. The van der Waals surface area contributed by atoms with Crippen LogP contribution in [0, 0.1) is 5.92 Å². The number of anilines is 1. The van der Waals surface area contributed by atoms with E-state index in [-0.39, 0.29) is 18.4 Å². The number of halogens is 1. The molecule has 0 bridgehead atoms. The van der Waals surface area contributed by atoms with E-state index in [0.29, 0.717) is 10.8 Å². The highest BCUT2D eigenvalue weighted by Gasteiger charge is 2.24. The van der Waals surface area contributed by atoms with Crippen LogP contribution in [-0.4, -0.2) is 46.2 Å². The molecule has 0 unspecified atom stereocenters. The minimum atomic E-state index is -0.0456. The van der Waals surface area contributed by atoms with Crippen molar-refractivity contribution in [2.24, 2.45) is 5.92 Å². The van der Waals surface area contributed by atoms with Gasteiger partial charge in [-0.05, 0) is 68.4 Å². The number of nitrogens with zero attached hydrogens (tertiary/aromatic N) is 2. The van der Waals surface area contributed by atoms with Gasteiger partial charge in [0, 0.05) is 21.9 Å². The molecule has 0 saturated carbocycles. The average molecular weight is 399 g/mol. The molecule has 7 heteroatoms. The van der Waals surface area contributed by atoms with Gasteiger partial charge in [-0.15, -0.1) is 0 Å². The second-order valence-electron chi connectivity index (χ2n) is 7.37.